The lowest BCUT2D eigenvalue weighted by molar-refractivity contribution is -0.617. The number of para-hydroxylation sites is 2. The van der Waals surface area contributed by atoms with Crippen LogP contribution in [0.15, 0.2) is 72.8 Å². The smallest absolute Gasteiger partial charge is 0.194 e. The third-order valence-electron chi connectivity index (χ3n) is 4.21. The molecule has 106 valence electrons. The molecule has 1 aromatic heterocycles. The number of fused-ring (bicyclic) bond motifs is 2. The normalized spacial score (nSPS) is 11.2. The van der Waals surface area contributed by atoms with Gasteiger partial charge < -0.3 is 0 Å². The van der Waals surface area contributed by atoms with E-state index in [1.807, 2.05) is 0 Å². The Bertz CT molecular complexity index is 948. The molecule has 0 atom stereocenters. The summed E-state index contributed by atoms with van der Waals surface area (Å²) in [5.41, 5.74) is 5.15. The van der Waals surface area contributed by atoms with Crippen molar-refractivity contribution < 1.29 is 4.57 Å². The van der Waals surface area contributed by atoms with Gasteiger partial charge in [-0.15, -0.1) is 0 Å². The zero-order chi connectivity index (χ0) is 15.1. The molecule has 2 heteroatoms. The number of benzene rings is 3. The molecule has 0 radical (unpaired) electrons. The van der Waals surface area contributed by atoms with E-state index in [1.54, 1.807) is 0 Å². The Labute approximate surface area is 143 Å². The Morgan fingerprint density at radius 3 is 1.77 bits per heavy atom. The monoisotopic (exact) mass is 396 g/mol. The van der Waals surface area contributed by atoms with Crippen molar-refractivity contribution in [3.63, 3.8) is 0 Å². The maximum Gasteiger partial charge on any atom is 0.213 e. The second-order valence-corrected chi connectivity index (χ2v) is 6.61. The topological polar surface area (TPSA) is 3.88 Å². The fraction of sp³-hybridized carbons (Fsp3) is 0.0500. The number of nitrogens with zero attached hydrogens (tertiary/aromatic N) is 1. The molecular weight excluding hydrogens is 381 g/mol. The molecule has 4 aromatic rings. The minimum Gasteiger partial charge on any atom is -0.194 e. The summed E-state index contributed by atoms with van der Waals surface area (Å²) in [4.78, 5) is 0. The average Bonchev–Trinajstić information content (AvgIpc) is 2.57. The van der Waals surface area contributed by atoms with Crippen LogP contribution in [0, 0.1) is 3.57 Å². The van der Waals surface area contributed by atoms with E-state index in [4.69, 9.17) is 0 Å². The molecule has 22 heavy (non-hydrogen) atoms. The molecule has 0 spiro atoms. The maximum absolute atomic E-state index is 2.43. The first-order valence-corrected chi connectivity index (χ1v) is 8.39. The van der Waals surface area contributed by atoms with Crippen LogP contribution in [0.25, 0.3) is 32.9 Å². The largest absolute Gasteiger partial charge is 0.213 e. The fourth-order valence-electron chi connectivity index (χ4n) is 3.18. The van der Waals surface area contributed by atoms with E-state index in [0.29, 0.717) is 0 Å². The zero-order valence-electron chi connectivity index (χ0n) is 12.3. The molecule has 1 nitrogen and oxygen atoms in total. The highest BCUT2D eigenvalue weighted by molar-refractivity contribution is 14.1. The van der Waals surface area contributed by atoms with Gasteiger partial charge in [-0.2, -0.15) is 4.57 Å². The average molecular weight is 396 g/mol. The summed E-state index contributed by atoms with van der Waals surface area (Å²) >= 11 is 2.43. The number of pyridine rings is 1. The first kappa shape index (κ1) is 13.7. The summed E-state index contributed by atoms with van der Waals surface area (Å²) in [6.45, 7) is 0. The van der Waals surface area contributed by atoms with Crippen molar-refractivity contribution >= 4 is 44.4 Å². The number of hydrogen-bond acceptors (Lipinski definition) is 0. The highest BCUT2D eigenvalue weighted by Gasteiger charge is 2.19. The van der Waals surface area contributed by atoms with E-state index in [9.17, 15) is 0 Å². The Kier molecular flexibility index (Phi) is 3.34. The molecule has 0 aliphatic carbocycles. The van der Waals surface area contributed by atoms with Crippen LogP contribution in [0.5, 0.6) is 0 Å². The Hall–Kier alpha value is -1.94. The van der Waals surface area contributed by atoms with Gasteiger partial charge in [0.25, 0.3) is 0 Å². The summed E-state index contributed by atoms with van der Waals surface area (Å²) in [7, 11) is 2.14. The van der Waals surface area contributed by atoms with Crippen LogP contribution < -0.4 is 4.57 Å². The minimum atomic E-state index is 1.26. The quantitative estimate of drug-likeness (QED) is 0.240. The van der Waals surface area contributed by atoms with Crippen molar-refractivity contribution in [2.24, 2.45) is 7.05 Å². The van der Waals surface area contributed by atoms with E-state index < -0.39 is 0 Å². The number of halogens is 1. The van der Waals surface area contributed by atoms with Gasteiger partial charge in [0.1, 0.15) is 7.05 Å². The van der Waals surface area contributed by atoms with E-state index in [0.717, 1.165) is 0 Å². The van der Waals surface area contributed by atoms with Gasteiger partial charge in [0, 0.05) is 21.3 Å². The molecule has 0 N–H and O–H groups in total. The molecule has 0 saturated carbocycles. The van der Waals surface area contributed by atoms with Crippen LogP contribution in [-0.2, 0) is 7.05 Å². The summed E-state index contributed by atoms with van der Waals surface area (Å²) in [5, 5.41) is 2.60. The van der Waals surface area contributed by atoms with Gasteiger partial charge in [0.2, 0.25) is 11.0 Å². The molecule has 0 bridgehead atoms. The van der Waals surface area contributed by atoms with Crippen molar-refractivity contribution in [1.29, 1.82) is 0 Å². The first-order chi connectivity index (χ1) is 10.8. The summed E-state index contributed by atoms with van der Waals surface area (Å²) in [6, 6.07) is 25.9. The van der Waals surface area contributed by atoms with Gasteiger partial charge in [0.05, 0.1) is 10.8 Å². The molecule has 0 saturated heterocycles. The molecule has 0 aliphatic heterocycles. The highest BCUT2D eigenvalue weighted by atomic mass is 127. The van der Waals surface area contributed by atoms with Gasteiger partial charge in [-0.1, -0.05) is 42.5 Å². The van der Waals surface area contributed by atoms with Gasteiger partial charge >= 0.3 is 0 Å². The molecule has 0 fully saturated rings. The van der Waals surface area contributed by atoms with Crippen molar-refractivity contribution in [2.45, 2.75) is 0 Å². The molecule has 1 heterocycles. The maximum atomic E-state index is 2.43. The minimum absolute atomic E-state index is 1.26. The second kappa shape index (κ2) is 5.36. The van der Waals surface area contributed by atoms with E-state index in [1.165, 1.54) is 36.5 Å². The number of hydrogen-bond donors (Lipinski definition) is 0. The Morgan fingerprint density at radius 1 is 0.682 bits per heavy atom. The van der Waals surface area contributed by atoms with Crippen molar-refractivity contribution in [1.82, 2.24) is 0 Å². The van der Waals surface area contributed by atoms with Gasteiger partial charge in [-0.3, -0.25) is 0 Å². The molecular formula is C20H15IN+. The molecule has 3 aromatic carbocycles. The molecule has 0 unspecified atom stereocenters. The lowest BCUT2D eigenvalue weighted by atomic mass is 9.96. The molecule has 0 amide bonds. The van der Waals surface area contributed by atoms with Gasteiger partial charge in [0.15, 0.2) is 0 Å². The lowest BCUT2D eigenvalue weighted by Crippen LogP contribution is -2.30. The lowest BCUT2D eigenvalue weighted by Gasteiger charge is -2.11. The zero-order valence-corrected chi connectivity index (χ0v) is 14.4. The van der Waals surface area contributed by atoms with Crippen molar-refractivity contribution in [2.75, 3.05) is 0 Å². The fourth-order valence-corrected chi connectivity index (χ4v) is 3.84. The second-order valence-electron chi connectivity index (χ2n) is 5.45. The predicted molar refractivity (Wildman–Crippen MR) is 101 cm³/mol. The predicted octanol–water partition coefficient (Wildman–Crippen LogP) is 5.09. The molecule has 4 rings (SSSR count). The number of aryl methyl sites for hydroxylation is 1. The van der Waals surface area contributed by atoms with Crippen LogP contribution in [0.3, 0.4) is 0 Å². The van der Waals surface area contributed by atoms with E-state index in [2.05, 4.69) is 107 Å². The van der Waals surface area contributed by atoms with Crippen molar-refractivity contribution in [3.8, 4) is 11.1 Å². The highest BCUT2D eigenvalue weighted by Crippen LogP contribution is 2.35. The SMILES string of the molecule is C[n+]1c2ccccc2c(-c2ccccc2I)c2ccccc21. The molecule has 0 aliphatic rings. The van der Waals surface area contributed by atoms with Crippen LogP contribution in [-0.4, -0.2) is 0 Å². The van der Waals surface area contributed by atoms with Crippen molar-refractivity contribution in [3.05, 3.63) is 76.4 Å². The summed E-state index contributed by atoms with van der Waals surface area (Å²) in [5.74, 6) is 0. The number of rotatable bonds is 1. The summed E-state index contributed by atoms with van der Waals surface area (Å²) < 4.78 is 3.56. The first-order valence-electron chi connectivity index (χ1n) is 7.32. The third-order valence-corrected chi connectivity index (χ3v) is 5.15. The van der Waals surface area contributed by atoms with Crippen LogP contribution in [0.2, 0.25) is 0 Å². The van der Waals surface area contributed by atoms with E-state index >= 15 is 0 Å². The Balaban J connectivity index is 2.29. The standard InChI is InChI=1S/C20H15IN/c1-22-18-12-6-3-9-15(18)20(14-8-2-5-11-17(14)21)16-10-4-7-13-19(16)22/h2-13H,1H3/q+1. The third kappa shape index (κ3) is 2.02. The van der Waals surface area contributed by atoms with Gasteiger partial charge in [-0.05, 0) is 46.4 Å². The van der Waals surface area contributed by atoms with E-state index in [-0.39, 0.29) is 0 Å². The van der Waals surface area contributed by atoms with Crippen LogP contribution in [0.4, 0.5) is 0 Å². The summed E-state index contributed by atoms with van der Waals surface area (Å²) in [6.07, 6.45) is 0. The van der Waals surface area contributed by atoms with Crippen LogP contribution in [0.1, 0.15) is 0 Å². The number of aromatic nitrogens is 1. The van der Waals surface area contributed by atoms with Gasteiger partial charge in [-0.25, -0.2) is 0 Å². The Morgan fingerprint density at radius 2 is 1.18 bits per heavy atom. The van der Waals surface area contributed by atoms with Crippen LogP contribution >= 0.6 is 22.6 Å².